The lowest BCUT2D eigenvalue weighted by molar-refractivity contribution is -0.137. The van der Waals surface area contributed by atoms with Gasteiger partial charge in [0.2, 0.25) is 17.6 Å². The summed E-state index contributed by atoms with van der Waals surface area (Å²) in [5, 5.41) is 35.2. The number of fused-ring (bicyclic) bond motifs is 1. The number of nitrogens with zero attached hydrogens (tertiary/aromatic N) is 4. The Morgan fingerprint density at radius 3 is 2.32 bits per heavy atom. The van der Waals surface area contributed by atoms with Gasteiger partial charge in [0, 0.05) is 30.7 Å². The molecule has 26 nitrogen and oxygen atoms in total. The number of phosphoric ester groups is 3. The lowest BCUT2D eigenvalue weighted by atomic mass is 9.87. The number of ketones is 1. The Hall–Kier alpha value is -2.97. The molecule has 30 heteroatoms. The zero-order valence-corrected chi connectivity index (χ0v) is 31.0. The molecule has 0 spiro atoms. The molecule has 2 amide bonds. The monoisotopic (exact) mass is 839 g/mol. The Morgan fingerprint density at radius 2 is 1.72 bits per heavy atom. The summed E-state index contributed by atoms with van der Waals surface area (Å²) in [6.07, 6.45) is -8.95. The standard InChI is InChI=1S/C23H36N7O19P3S/c1-23(2,16(34)20(35)26-4-3-11(31)25-5-6-53)8-46-52(43,44)49-51(41,42)45-7-10-15(48-50(38,39)40)13(32)21(47-10)30-9-27-12-17(24)28-18(29-19(12)30)14(33)22(36)37/h9-10,13,15-16,21,32,34,53H,3-8H2,1-2H3,(H,25,31)(H,26,35)(H,36,37)(H,41,42)(H,43,44)(H2,24,28,29)(H2,38,39,40)/t10-,13-,15-,16+,21-/m1/s1. The van der Waals surface area contributed by atoms with Gasteiger partial charge >= 0.3 is 35.2 Å². The van der Waals surface area contributed by atoms with Crippen LogP contribution in [0, 0.1) is 5.41 Å². The smallest absolute Gasteiger partial charge is 0.475 e. The fourth-order valence-electron chi connectivity index (χ4n) is 4.40. The fourth-order valence-corrected chi connectivity index (χ4v) is 7.34. The quantitative estimate of drug-likeness (QED) is 0.0286. The zero-order chi connectivity index (χ0) is 40.1. The maximum atomic E-state index is 12.7. The third-order valence-corrected chi connectivity index (χ3v) is 10.3. The Balaban J connectivity index is 1.69. The Morgan fingerprint density at radius 1 is 1.08 bits per heavy atom. The molecule has 1 fully saturated rings. The number of nitrogen functional groups attached to an aromatic ring is 1. The summed E-state index contributed by atoms with van der Waals surface area (Å²) in [4.78, 5) is 97.4. The highest BCUT2D eigenvalue weighted by molar-refractivity contribution is 7.80. The number of nitrogens with two attached hydrogens (primary N) is 1. The highest BCUT2D eigenvalue weighted by atomic mass is 32.1. The third kappa shape index (κ3) is 12.3. The number of amides is 2. The molecule has 53 heavy (non-hydrogen) atoms. The molecule has 0 radical (unpaired) electrons. The number of carboxylic acids is 1. The number of aliphatic carboxylic acids is 1. The van der Waals surface area contributed by atoms with E-state index in [9.17, 15) is 62.7 Å². The number of aromatic nitrogens is 4. The van der Waals surface area contributed by atoms with Crippen LogP contribution in [-0.2, 0) is 50.7 Å². The van der Waals surface area contributed by atoms with E-state index in [1.165, 1.54) is 13.8 Å². The summed E-state index contributed by atoms with van der Waals surface area (Å²) in [5.74, 6) is -5.91. The normalized spacial score (nSPS) is 22.1. The zero-order valence-electron chi connectivity index (χ0n) is 27.4. The second-order valence-electron chi connectivity index (χ2n) is 11.6. The molecule has 11 N–H and O–H groups in total. The van der Waals surface area contributed by atoms with Crippen molar-refractivity contribution in [1.82, 2.24) is 30.2 Å². The average molecular weight is 840 g/mol. The van der Waals surface area contributed by atoms with Crippen molar-refractivity contribution in [1.29, 1.82) is 0 Å². The summed E-state index contributed by atoms with van der Waals surface area (Å²) in [6.45, 7) is 0.401. The predicted molar refractivity (Wildman–Crippen MR) is 175 cm³/mol. The number of hydrogen-bond acceptors (Lipinski definition) is 19. The van der Waals surface area contributed by atoms with Gasteiger partial charge in [0.1, 0.15) is 29.9 Å². The first-order chi connectivity index (χ1) is 24.4. The minimum atomic E-state index is -5.66. The van der Waals surface area contributed by atoms with E-state index in [-0.39, 0.29) is 18.5 Å². The number of carbonyl (C=O) groups excluding carboxylic acids is 3. The van der Waals surface area contributed by atoms with E-state index in [0.29, 0.717) is 12.3 Å². The van der Waals surface area contributed by atoms with Crippen molar-refractivity contribution in [3.8, 4) is 0 Å². The van der Waals surface area contributed by atoms with Gasteiger partial charge in [-0.1, -0.05) is 13.8 Å². The Labute approximate surface area is 303 Å². The Kier molecular flexibility index (Phi) is 14.8. The highest BCUT2D eigenvalue weighted by Crippen LogP contribution is 2.61. The van der Waals surface area contributed by atoms with Crippen LogP contribution in [0.5, 0.6) is 0 Å². The van der Waals surface area contributed by atoms with Crippen LogP contribution in [-0.4, -0.2) is 134 Å². The predicted octanol–water partition coefficient (Wildman–Crippen LogP) is -2.40. The van der Waals surface area contributed by atoms with Crippen molar-refractivity contribution in [2.75, 3.05) is 37.8 Å². The number of rotatable bonds is 20. The number of aliphatic hydroxyl groups excluding tert-OH is 2. The molecule has 7 atom stereocenters. The van der Waals surface area contributed by atoms with E-state index in [1.54, 1.807) is 0 Å². The van der Waals surface area contributed by atoms with Gasteiger partial charge in [0.15, 0.2) is 17.7 Å². The minimum absolute atomic E-state index is 0.131. The van der Waals surface area contributed by atoms with Gasteiger partial charge in [0.25, 0.3) is 0 Å². The van der Waals surface area contributed by atoms with Crippen LogP contribution in [0.4, 0.5) is 5.82 Å². The first-order valence-corrected chi connectivity index (χ1v) is 19.9. The molecule has 3 rings (SSSR count). The molecule has 1 saturated heterocycles. The molecule has 1 aliphatic rings. The molecule has 3 heterocycles. The summed E-state index contributed by atoms with van der Waals surface area (Å²) >= 11 is 3.94. The molecule has 298 valence electrons. The van der Waals surface area contributed by atoms with Crippen LogP contribution < -0.4 is 16.4 Å². The summed E-state index contributed by atoms with van der Waals surface area (Å²) < 4.78 is 61.5. The maximum Gasteiger partial charge on any atom is 0.481 e. The van der Waals surface area contributed by atoms with E-state index < -0.39 is 114 Å². The number of carboxylic acid groups (broad SMARTS) is 1. The fraction of sp³-hybridized carbons (Fsp3) is 0.609. The van der Waals surface area contributed by atoms with Gasteiger partial charge in [-0.3, -0.25) is 32.5 Å². The summed E-state index contributed by atoms with van der Waals surface area (Å²) in [6, 6.07) is 0. The van der Waals surface area contributed by atoms with Gasteiger partial charge in [-0.05, 0) is 0 Å². The number of nitrogens with one attached hydrogen (secondary N) is 2. The number of Topliss-reactive ketones (excluding diaryl/α,β-unsaturated/α-hetero) is 1. The van der Waals surface area contributed by atoms with E-state index in [2.05, 4.69) is 51.6 Å². The highest BCUT2D eigenvalue weighted by Gasteiger charge is 2.50. The van der Waals surface area contributed by atoms with Crippen LogP contribution in [0.3, 0.4) is 0 Å². The van der Waals surface area contributed by atoms with Crippen molar-refractivity contribution in [3.05, 3.63) is 12.2 Å². The molecule has 0 aromatic carbocycles. The number of hydrogen-bond donors (Lipinski definition) is 11. The van der Waals surface area contributed by atoms with E-state index in [4.69, 9.17) is 20.1 Å². The van der Waals surface area contributed by atoms with Gasteiger partial charge in [-0.25, -0.2) is 33.4 Å². The average Bonchev–Trinajstić information content (AvgIpc) is 3.60. The first-order valence-electron chi connectivity index (χ1n) is 14.7. The van der Waals surface area contributed by atoms with Gasteiger partial charge in [-0.2, -0.15) is 16.9 Å². The van der Waals surface area contributed by atoms with E-state index in [1.807, 2.05) is 0 Å². The number of imidazole rings is 1. The van der Waals surface area contributed by atoms with Crippen LogP contribution in [0.25, 0.3) is 11.2 Å². The van der Waals surface area contributed by atoms with Crippen LogP contribution in [0.2, 0.25) is 0 Å². The second-order valence-corrected chi connectivity index (χ2v) is 16.3. The van der Waals surface area contributed by atoms with Gasteiger partial charge < -0.3 is 56.0 Å². The molecule has 0 aliphatic carbocycles. The number of anilines is 1. The number of phosphoric acid groups is 3. The summed E-state index contributed by atoms with van der Waals surface area (Å²) in [5.41, 5.74) is 3.47. The lowest BCUT2D eigenvalue weighted by Gasteiger charge is -2.30. The van der Waals surface area contributed by atoms with Crippen LogP contribution in [0.1, 0.15) is 37.1 Å². The van der Waals surface area contributed by atoms with Gasteiger partial charge in [0.05, 0.1) is 19.5 Å². The van der Waals surface area contributed by atoms with Crippen LogP contribution >= 0.6 is 36.1 Å². The van der Waals surface area contributed by atoms with Crippen molar-refractivity contribution < 1.29 is 90.4 Å². The van der Waals surface area contributed by atoms with E-state index >= 15 is 0 Å². The minimum Gasteiger partial charge on any atom is -0.475 e. The summed E-state index contributed by atoms with van der Waals surface area (Å²) in [7, 11) is -16.6. The second kappa shape index (κ2) is 17.7. The number of carbonyl (C=O) groups is 4. The lowest BCUT2D eigenvalue weighted by Crippen LogP contribution is -2.46. The maximum absolute atomic E-state index is 12.7. The van der Waals surface area contributed by atoms with Crippen molar-refractivity contribution >= 4 is 76.6 Å². The molecule has 2 aromatic heterocycles. The SMILES string of the molecule is CC(C)(COP(=O)(O)OP(=O)(O)OC[C@H]1O[C@@H](n2cnc3c(N)nc(C(=O)C(=O)O)nc32)[C@H](O)[C@@H]1OP(=O)(O)O)[C@@H](O)C(=O)NCCC(=O)NCCS. The molecule has 2 unspecified atom stereocenters. The molecule has 0 bridgehead atoms. The van der Waals surface area contributed by atoms with Crippen molar-refractivity contribution in [2.45, 2.75) is 50.9 Å². The number of aliphatic hydroxyl groups is 2. The van der Waals surface area contributed by atoms with Crippen molar-refractivity contribution in [3.63, 3.8) is 0 Å². The topological polar surface area (TPSA) is 401 Å². The third-order valence-electron chi connectivity index (χ3n) is 6.97. The van der Waals surface area contributed by atoms with Crippen molar-refractivity contribution in [2.24, 2.45) is 5.41 Å². The number of thiol groups is 1. The molecule has 1 aliphatic heterocycles. The molecular formula is C23H36N7O19P3S. The molecule has 0 saturated carbocycles. The van der Waals surface area contributed by atoms with Crippen LogP contribution in [0.15, 0.2) is 6.33 Å². The molecular weight excluding hydrogens is 803 g/mol. The largest absolute Gasteiger partial charge is 0.481 e. The van der Waals surface area contributed by atoms with E-state index in [0.717, 1.165) is 10.9 Å². The van der Waals surface area contributed by atoms with Gasteiger partial charge in [-0.15, -0.1) is 0 Å². The Bertz CT molecular complexity index is 1840. The number of ether oxygens (including phenoxy) is 1. The molecule has 2 aromatic rings. The first kappa shape index (κ1) is 44.4.